The van der Waals surface area contributed by atoms with Crippen molar-refractivity contribution in [1.29, 1.82) is 0 Å². The standard InChI is InChI=1S/C22H27N3O2/c1-3-21(26)24-13-15-25(16-14-24)22(27)10-12-23-11-9-18(2)20(17-23)19-7-5-4-6-8-19/h3-9,17H,1,10-16H2,2H3. The van der Waals surface area contributed by atoms with Crippen LogP contribution < -0.4 is 0 Å². The minimum atomic E-state index is -0.0591. The molecule has 0 aromatic heterocycles. The van der Waals surface area contributed by atoms with E-state index in [1.807, 2.05) is 23.1 Å². The Balaban J connectivity index is 1.53. The predicted octanol–water partition coefficient (Wildman–Crippen LogP) is 2.54. The average Bonchev–Trinajstić information content (AvgIpc) is 2.73. The van der Waals surface area contributed by atoms with Crippen LogP contribution in [-0.4, -0.2) is 65.8 Å². The minimum absolute atomic E-state index is 0.0591. The SMILES string of the molecule is C=CC(=O)N1CCN(C(=O)CCN2C=C(c3ccccc3)C(C)=CC2)CC1. The first-order chi connectivity index (χ1) is 13.1. The maximum atomic E-state index is 12.5. The van der Waals surface area contributed by atoms with Crippen molar-refractivity contribution in [1.82, 2.24) is 14.7 Å². The number of piperazine rings is 1. The zero-order valence-electron chi connectivity index (χ0n) is 15.9. The van der Waals surface area contributed by atoms with Gasteiger partial charge in [-0.2, -0.15) is 0 Å². The molecule has 0 N–H and O–H groups in total. The zero-order valence-corrected chi connectivity index (χ0v) is 15.9. The van der Waals surface area contributed by atoms with E-state index >= 15 is 0 Å². The number of carbonyl (C=O) groups excluding carboxylic acids is 2. The lowest BCUT2D eigenvalue weighted by Gasteiger charge is -2.35. The van der Waals surface area contributed by atoms with Crippen molar-refractivity contribution in [2.75, 3.05) is 39.3 Å². The molecule has 1 aromatic rings. The molecule has 0 aliphatic carbocycles. The molecule has 0 radical (unpaired) electrons. The van der Waals surface area contributed by atoms with Gasteiger partial charge in [-0.25, -0.2) is 0 Å². The molecule has 5 nitrogen and oxygen atoms in total. The first-order valence-corrected chi connectivity index (χ1v) is 9.46. The second kappa shape index (κ2) is 8.71. The van der Waals surface area contributed by atoms with Gasteiger partial charge in [-0.1, -0.05) is 43.0 Å². The molecule has 0 bridgehead atoms. The fourth-order valence-electron chi connectivity index (χ4n) is 3.48. The summed E-state index contributed by atoms with van der Waals surface area (Å²) in [5, 5.41) is 0. The molecule has 27 heavy (non-hydrogen) atoms. The summed E-state index contributed by atoms with van der Waals surface area (Å²) in [6.07, 6.45) is 6.20. The molecule has 5 heteroatoms. The van der Waals surface area contributed by atoms with E-state index < -0.39 is 0 Å². The third-order valence-corrected chi connectivity index (χ3v) is 5.18. The van der Waals surface area contributed by atoms with E-state index in [4.69, 9.17) is 0 Å². The molecule has 0 atom stereocenters. The van der Waals surface area contributed by atoms with Crippen molar-refractivity contribution in [2.24, 2.45) is 0 Å². The fourth-order valence-corrected chi connectivity index (χ4v) is 3.48. The molecule has 0 unspecified atom stereocenters. The van der Waals surface area contributed by atoms with E-state index in [1.165, 1.54) is 22.8 Å². The summed E-state index contributed by atoms with van der Waals surface area (Å²) in [6, 6.07) is 10.3. The first-order valence-electron chi connectivity index (χ1n) is 9.46. The number of hydrogen-bond donors (Lipinski definition) is 0. The van der Waals surface area contributed by atoms with E-state index in [9.17, 15) is 9.59 Å². The Hall–Kier alpha value is -2.82. The van der Waals surface area contributed by atoms with Crippen molar-refractivity contribution in [3.8, 4) is 0 Å². The monoisotopic (exact) mass is 365 g/mol. The van der Waals surface area contributed by atoms with Gasteiger partial charge in [0, 0.05) is 57.5 Å². The van der Waals surface area contributed by atoms with Crippen LogP contribution in [0.1, 0.15) is 18.9 Å². The predicted molar refractivity (Wildman–Crippen MR) is 108 cm³/mol. The number of allylic oxidation sites excluding steroid dienone is 2. The van der Waals surface area contributed by atoms with E-state index in [0.29, 0.717) is 39.1 Å². The van der Waals surface area contributed by atoms with Gasteiger partial charge in [0.15, 0.2) is 0 Å². The van der Waals surface area contributed by atoms with Crippen LogP contribution in [0.15, 0.2) is 60.8 Å². The second-order valence-electron chi connectivity index (χ2n) is 6.95. The molecule has 2 heterocycles. The number of carbonyl (C=O) groups is 2. The largest absolute Gasteiger partial charge is 0.373 e. The highest BCUT2D eigenvalue weighted by Gasteiger charge is 2.23. The normalized spacial score (nSPS) is 17.3. The molecule has 3 rings (SSSR count). The van der Waals surface area contributed by atoms with Gasteiger partial charge >= 0.3 is 0 Å². The average molecular weight is 365 g/mol. The molecular weight excluding hydrogens is 338 g/mol. The summed E-state index contributed by atoms with van der Waals surface area (Å²) in [4.78, 5) is 30.0. The Labute approximate surface area is 161 Å². The van der Waals surface area contributed by atoms with Gasteiger partial charge in [-0.3, -0.25) is 9.59 Å². The molecular formula is C22H27N3O2. The van der Waals surface area contributed by atoms with Crippen LogP contribution in [0.4, 0.5) is 0 Å². The van der Waals surface area contributed by atoms with Gasteiger partial charge < -0.3 is 14.7 Å². The van der Waals surface area contributed by atoms with E-state index in [0.717, 1.165) is 6.54 Å². The maximum Gasteiger partial charge on any atom is 0.246 e. The second-order valence-corrected chi connectivity index (χ2v) is 6.95. The van der Waals surface area contributed by atoms with E-state index in [2.05, 4.69) is 42.8 Å². The van der Waals surface area contributed by atoms with Crippen LogP contribution >= 0.6 is 0 Å². The molecule has 2 aliphatic rings. The molecule has 0 saturated carbocycles. The van der Waals surface area contributed by atoms with Crippen LogP contribution in [0, 0.1) is 0 Å². The summed E-state index contributed by atoms with van der Waals surface area (Å²) in [7, 11) is 0. The molecule has 1 saturated heterocycles. The van der Waals surface area contributed by atoms with Crippen molar-refractivity contribution in [3.63, 3.8) is 0 Å². The van der Waals surface area contributed by atoms with Crippen LogP contribution in [0.3, 0.4) is 0 Å². The first kappa shape index (κ1) is 19.0. The zero-order chi connectivity index (χ0) is 19.2. The Kier molecular flexibility index (Phi) is 6.12. The number of rotatable bonds is 5. The third kappa shape index (κ3) is 4.67. The summed E-state index contributed by atoms with van der Waals surface area (Å²) in [5.74, 6) is 0.0952. The van der Waals surface area contributed by atoms with Crippen LogP contribution in [0.2, 0.25) is 0 Å². The summed E-state index contributed by atoms with van der Waals surface area (Å²) >= 11 is 0. The molecule has 142 valence electrons. The van der Waals surface area contributed by atoms with Crippen LogP contribution in [0.25, 0.3) is 5.57 Å². The van der Waals surface area contributed by atoms with E-state index in [1.54, 1.807) is 4.90 Å². The van der Waals surface area contributed by atoms with Crippen LogP contribution in [-0.2, 0) is 9.59 Å². The van der Waals surface area contributed by atoms with Crippen molar-refractivity contribution >= 4 is 17.4 Å². The lowest BCUT2D eigenvalue weighted by Crippen LogP contribution is -2.50. The Morgan fingerprint density at radius 2 is 1.74 bits per heavy atom. The lowest BCUT2D eigenvalue weighted by molar-refractivity contribution is -0.137. The highest BCUT2D eigenvalue weighted by Crippen LogP contribution is 2.26. The number of benzene rings is 1. The minimum Gasteiger partial charge on any atom is -0.373 e. The summed E-state index contributed by atoms with van der Waals surface area (Å²) < 4.78 is 0. The maximum absolute atomic E-state index is 12.5. The quantitative estimate of drug-likeness (QED) is 0.753. The molecule has 1 fully saturated rings. The van der Waals surface area contributed by atoms with Gasteiger partial charge in [0.05, 0.1) is 0 Å². The highest BCUT2D eigenvalue weighted by atomic mass is 16.2. The topological polar surface area (TPSA) is 43.9 Å². The number of amides is 2. The van der Waals surface area contributed by atoms with Crippen molar-refractivity contribution in [2.45, 2.75) is 13.3 Å². The smallest absolute Gasteiger partial charge is 0.246 e. The van der Waals surface area contributed by atoms with Gasteiger partial charge in [-0.15, -0.1) is 0 Å². The van der Waals surface area contributed by atoms with Gasteiger partial charge in [0.1, 0.15) is 0 Å². The van der Waals surface area contributed by atoms with Crippen LogP contribution in [0.5, 0.6) is 0 Å². The Morgan fingerprint density at radius 1 is 1.07 bits per heavy atom. The number of hydrogen-bond acceptors (Lipinski definition) is 3. The summed E-state index contributed by atoms with van der Waals surface area (Å²) in [6.45, 7) is 9.54. The molecule has 2 aliphatic heterocycles. The fraction of sp³-hybridized carbons (Fsp3) is 0.364. The van der Waals surface area contributed by atoms with E-state index in [-0.39, 0.29) is 11.8 Å². The summed E-state index contributed by atoms with van der Waals surface area (Å²) in [5.41, 5.74) is 3.68. The van der Waals surface area contributed by atoms with Gasteiger partial charge in [-0.05, 0) is 24.1 Å². The molecule has 2 amide bonds. The Bertz CT molecular complexity index is 759. The third-order valence-electron chi connectivity index (χ3n) is 5.18. The highest BCUT2D eigenvalue weighted by molar-refractivity contribution is 5.87. The molecule has 0 spiro atoms. The van der Waals surface area contributed by atoms with Crippen molar-refractivity contribution in [3.05, 3.63) is 66.4 Å². The lowest BCUT2D eigenvalue weighted by atomic mass is 9.97. The molecule has 1 aromatic carbocycles. The number of nitrogens with zero attached hydrogens (tertiary/aromatic N) is 3. The Morgan fingerprint density at radius 3 is 2.41 bits per heavy atom. The van der Waals surface area contributed by atoms with Crippen molar-refractivity contribution < 1.29 is 9.59 Å². The van der Waals surface area contributed by atoms with Gasteiger partial charge in [0.25, 0.3) is 0 Å². The van der Waals surface area contributed by atoms with Gasteiger partial charge in [0.2, 0.25) is 11.8 Å².